The van der Waals surface area contributed by atoms with E-state index < -0.39 is 0 Å². The lowest BCUT2D eigenvalue weighted by Crippen LogP contribution is -2.51. The van der Waals surface area contributed by atoms with Crippen molar-refractivity contribution in [2.75, 3.05) is 6.54 Å². The predicted molar refractivity (Wildman–Crippen MR) is 65.6 cm³/mol. The predicted octanol–water partition coefficient (Wildman–Crippen LogP) is 3.59. The molecule has 2 rings (SSSR count). The molecule has 0 radical (unpaired) electrons. The van der Waals surface area contributed by atoms with E-state index in [0.29, 0.717) is 5.54 Å². The quantitative estimate of drug-likeness (QED) is 0.632. The second-order valence-electron chi connectivity index (χ2n) is 5.60. The van der Waals surface area contributed by atoms with Crippen LogP contribution in [0.4, 0.5) is 0 Å². The molecular weight excluding hydrogens is 182 g/mol. The minimum atomic E-state index is 0.335. The van der Waals surface area contributed by atoms with Gasteiger partial charge in [-0.15, -0.1) is 0 Å². The lowest BCUT2D eigenvalue weighted by molar-refractivity contribution is 0.0640. The lowest BCUT2D eigenvalue weighted by Gasteiger charge is -2.52. The highest BCUT2D eigenvalue weighted by atomic mass is 15.2. The van der Waals surface area contributed by atoms with Gasteiger partial charge in [0, 0.05) is 23.7 Å². The molecule has 0 aromatic heterocycles. The van der Waals surface area contributed by atoms with E-state index in [2.05, 4.69) is 50.8 Å². The molecule has 0 saturated carbocycles. The van der Waals surface area contributed by atoms with Crippen LogP contribution in [-0.4, -0.2) is 17.0 Å². The smallest absolute Gasteiger partial charge is 0.0345 e. The number of likely N-dealkylation sites (tertiary alicyclic amines) is 1. The average molecular weight is 205 g/mol. The van der Waals surface area contributed by atoms with Gasteiger partial charge in [0.2, 0.25) is 0 Å². The maximum atomic E-state index is 2.60. The number of nitrogens with zero attached hydrogens (tertiary/aromatic N) is 1. The Labute approximate surface area is 93.9 Å². The first-order chi connectivity index (χ1) is 7.06. The summed E-state index contributed by atoms with van der Waals surface area (Å²) >= 11 is 0. The number of piperidine rings is 1. The highest BCUT2D eigenvalue weighted by Crippen LogP contribution is 2.43. The molecule has 1 saturated heterocycles. The van der Waals surface area contributed by atoms with Crippen LogP contribution < -0.4 is 0 Å². The molecule has 1 aliphatic heterocycles. The second kappa shape index (κ2) is 3.70. The van der Waals surface area contributed by atoms with Crippen LogP contribution in [0.15, 0.2) is 23.9 Å². The van der Waals surface area contributed by atoms with Gasteiger partial charge in [0.15, 0.2) is 0 Å². The number of hydrogen-bond donors (Lipinski definition) is 0. The summed E-state index contributed by atoms with van der Waals surface area (Å²) in [5.74, 6) is 1.59. The molecule has 2 unspecified atom stereocenters. The Morgan fingerprint density at radius 2 is 2.20 bits per heavy atom. The van der Waals surface area contributed by atoms with Crippen molar-refractivity contribution < 1.29 is 0 Å². The summed E-state index contributed by atoms with van der Waals surface area (Å²) in [6, 6.07) is 0. The van der Waals surface area contributed by atoms with Gasteiger partial charge in [-0.3, -0.25) is 0 Å². The number of allylic oxidation sites excluding steroid dienone is 4. The van der Waals surface area contributed by atoms with Crippen LogP contribution >= 0.6 is 0 Å². The molecule has 15 heavy (non-hydrogen) atoms. The highest BCUT2D eigenvalue weighted by Gasteiger charge is 2.40. The van der Waals surface area contributed by atoms with Gasteiger partial charge in [-0.1, -0.05) is 19.1 Å². The van der Waals surface area contributed by atoms with Gasteiger partial charge in [0.1, 0.15) is 0 Å². The molecule has 1 heteroatoms. The molecule has 84 valence electrons. The Morgan fingerprint density at radius 1 is 1.47 bits per heavy atom. The molecule has 0 aromatic rings. The second-order valence-corrected chi connectivity index (χ2v) is 5.60. The van der Waals surface area contributed by atoms with Crippen LogP contribution in [0.25, 0.3) is 0 Å². The van der Waals surface area contributed by atoms with Gasteiger partial charge in [0.25, 0.3) is 0 Å². The summed E-state index contributed by atoms with van der Waals surface area (Å²) in [4.78, 5) is 2.60. The van der Waals surface area contributed by atoms with Crippen LogP contribution in [0.5, 0.6) is 0 Å². The average Bonchev–Trinajstić information content (AvgIpc) is 2.17. The maximum Gasteiger partial charge on any atom is 0.0345 e. The molecule has 0 bridgehead atoms. The van der Waals surface area contributed by atoms with Gasteiger partial charge in [-0.2, -0.15) is 0 Å². The zero-order chi connectivity index (χ0) is 11.1. The Balaban J connectivity index is 2.35. The molecule has 1 nitrogen and oxygen atoms in total. The zero-order valence-corrected chi connectivity index (χ0v) is 10.5. The first kappa shape index (κ1) is 10.8. The molecule has 1 aliphatic carbocycles. The molecule has 1 fully saturated rings. The largest absolute Gasteiger partial charge is 0.370 e. The monoisotopic (exact) mass is 205 g/mol. The van der Waals surface area contributed by atoms with Crippen molar-refractivity contribution in [3.8, 4) is 0 Å². The van der Waals surface area contributed by atoms with Crippen molar-refractivity contribution in [3.05, 3.63) is 23.9 Å². The highest BCUT2D eigenvalue weighted by molar-refractivity contribution is 5.24. The third-order valence-electron chi connectivity index (χ3n) is 4.04. The fourth-order valence-corrected chi connectivity index (χ4v) is 3.45. The SMILES string of the molecule is CCN1C2=CC=CCC2C(C)CC1(C)C. The van der Waals surface area contributed by atoms with Crippen molar-refractivity contribution in [3.63, 3.8) is 0 Å². The first-order valence-corrected chi connectivity index (χ1v) is 6.20. The number of hydrogen-bond acceptors (Lipinski definition) is 1. The van der Waals surface area contributed by atoms with Crippen molar-refractivity contribution >= 4 is 0 Å². The standard InChI is InChI=1S/C14H23N/c1-5-15-13-9-7-6-8-12(13)11(2)10-14(15,3)4/h6-7,9,11-12H,5,8,10H2,1-4H3. The van der Waals surface area contributed by atoms with E-state index in [9.17, 15) is 0 Å². The Bertz CT molecular complexity index is 298. The van der Waals surface area contributed by atoms with E-state index in [1.807, 2.05) is 0 Å². The number of rotatable bonds is 1. The first-order valence-electron chi connectivity index (χ1n) is 6.20. The summed E-state index contributed by atoms with van der Waals surface area (Å²) in [5, 5.41) is 0. The Hall–Kier alpha value is -0.720. The molecule has 2 aliphatic rings. The molecule has 0 N–H and O–H groups in total. The third-order valence-corrected chi connectivity index (χ3v) is 4.04. The normalized spacial score (nSPS) is 33.6. The van der Waals surface area contributed by atoms with Crippen LogP contribution in [0, 0.1) is 11.8 Å². The summed E-state index contributed by atoms with van der Waals surface area (Å²) < 4.78 is 0. The third kappa shape index (κ3) is 1.73. The van der Waals surface area contributed by atoms with E-state index in [0.717, 1.165) is 18.4 Å². The fraction of sp³-hybridized carbons (Fsp3) is 0.714. The summed E-state index contributed by atoms with van der Waals surface area (Å²) in [7, 11) is 0. The van der Waals surface area contributed by atoms with Gasteiger partial charge in [-0.05, 0) is 45.6 Å². The van der Waals surface area contributed by atoms with E-state index in [1.165, 1.54) is 12.8 Å². The van der Waals surface area contributed by atoms with Crippen molar-refractivity contribution in [2.45, 2.75) is 46.1 Å². The van der Waals surface area contributed by atoms with Gasteiger partial charge >= 0.3 is 0 Å². The van der Waals surface area contributed by atoms with E-state index in [1.54, 1.807) is 5.70 Å². The maximum absolute atomic E-state index is 2.60. The molecule has 1 heterocycles. The van der Waals surface area contributed by atoms with Crippen LogP contribution in [0.3, 0.4) is 0 Å². The summed E-state index contributed by atoms with van der Waals surface area (Å²) in [6.45, 7) is 10.6. The zero-order valence-electron chi connectivity index (χ0n) is 10.5. The van der Waals surface area contributed by atoms with Crippen LogP contribution in [0.1, 0.15) is 40.5 Å². The van der Waals surface area contributed by atoms with Gasteiger partial charge in [-0.25, -0.2) is 0 Å². The van der Waals surface area contributed by atoms with Crippen LogP contribution in [-0.2, 0) is 0 Å². The van der Waals surface area contributed by atoms with Gasteiger partial charge in [0.05, 0.1) is 0 Å². The van der Waals surface area contributed by atoms with E-state index >= 15 is 0 Å². The molecule has 2 atom stereocenters. The lowest BCUT2D eigenvalue weighted by atomic mass is 9.72. The topological polar surface area (TPSA) is 3.24 Å². The minimum absolute atomic E-state index is 0.335. The van der Waals surface area contributed by atoms with Gasteiger partial charge < -0.3 is 4.90 Å². The van der Waals surface area contributed by atoms with Crippen LogP contribution in [0.2, 0.25) is 0 Å². The van der Waals surface area contributed by atoms with E-state index in [-0.39, 0.29) is 0 Å². The molecular formula is C14H23N. The summed E-state index contributed by atoms with van der Waals surface area (Å²) in [5.41, 5.74) is 1.91. The Kier molecular flexibility index (Phi) is 2.66. The molecule has 0 spiro atoms. The van der Waals surface area contributed by atoms with Crippen molar-refractivity contribution in [1.82, 2.24) is 4.90 Å². The fourth-order valence-electron chi connectivity index (χ4n) is 3.45. The van der Waals surface area contributed by atoms with Crippen molar-refractivity contribution in [2.24, 2.45) is 11.8 Å². The van der Waals surface area contributed by atoms with E-state index in [4.69, 9.17) is 0 Å². The van der Waals surface area contributed by atoms with Crippen molar-refractivity contribution in [1.29, 1.82) is 0 Å². The molecule has 0 aromatic carbocycles. The molecule has 0 amide bonds. The minimum Gasteiger partial charge on any atom is -0.370 e. The number of fused-ring (bicyclic) bond motifs is 1. The Morgan fingerprint density at radius 3 is 2.87 bits per heavy atom. The summed E-state index contributed by atoms with van der Waals surface area (Å²) in [6.07, 6.45) is 9.42.